The third-order valence-electron chi connectivity index (χ3n) is 12.8. The van der Waals surface area contributed by atoms with Gasteiger partial charge in [0.15, 0.2) is 0 Å². The second-order valence-corrected chi connectivity index (χ2v) is 21.0. The highest BCUT2D eigenvalue weighted by atomic mass is 35.5. The van der Waals surface area contributed by atoms with Gasteiger partial charge < -0.3 is 30.3 Å². The topological polar surface area (TPSA) is 128 Å². The number of benzene rings is 5. The molecular weight excluding hydrogens is 896 g/mol. The summed E-state index contributed by atoms with van der Waals surface area (Å²) < 4.78 is 32.1. The van der Waals surface area contributed by atoms with Gasteiger partial charge in [-0.15, -0.1) is 11.8 Å². The van der Waals surface area contributed by atoms with Gasteiger partial charge >= 0.3 is 0 Å². The zero-order valence-electron chi connectivity index (χ0n) is 38.8. The van der Waals surface area contributed by atoms with Crippen molar-refractivity contribution in [2.75, 3.05) is 78.1 Å². The quantitative estimate of drug-likeness (QED) is 0.0642. The molecule has 1 aliphatic heterocycles. The lowest BCUT2D eigenvalue weighted by molar-refractivity contribution is 0.100. The average Bonchev–Trinajstić information content (AvgIpc) is 3.60. The van der Waals surface area contributed by atoms with Crippen LogP contribution in [0.15, 0.2) is 136 Å². The summed E-state index contributed by atoms with van der Waals surface area (Å²) in [5, 5.41) is 4.23. The maximum Gasteiger partial charge on any atom is 0.279 e. The van der Waals surface area contributed by atoms with Crippen LogP contribution in [0.1, 0.15) is 54.6 Å². The Morgan fingerprint density at radius 1 is 0.821 bits per heavy atom. The Kier molecular flexibility index (Phi) is 15.3. The minimum Gasteiger partial charge on any atom is -0.397 e. The molecule has 11 nitrogen and oxygen atoms in total. The average molecular weight is 958 g/mol. The second-order valence-electron chi connectivity index (χ2n) is 17.8. The van der Waals surface area contributed by atoms with E-state index >= 15 is 0 Å². The summed E-state index contributed by atoms with van der Waals surface area (Å²) in [5.41, 5.74) is 16.4. The molecule has 67 heavy (non-hydrogen) atoms. The van der Waals surface area contributed by atoms with E-state index in [4.69, 9.17) is 22.3 Å². The highest BCUT2D eigenvalue weighted by molar-refractivity contribution is 7.99. The van der Waals surface area contributed by atoms with Crippen LogP contribution in [0.4, 0.5) is 28.4 Å². The van der Waals surface area contributed by atoms with E-state index in [1.165, 1.54) is 17.4 Å². The van der Waals surface area contributed by atoms with E-state index in [0.29, 0.717) is 27.6 Å². The Bertz CT molecular complexity index is 2800. The summed E-state index contributed by atoms with van der Waals surface area (Å²) in [4.78, 5) is 27.0. The third-order valence-corrected chi connectivity index (χ3v) is 15.6. The summed E-state index contributed by atoms with van der Waals surface area (Å²) in [6.07, 6.45) is 5.98. The molecule has 2 fully saturated rings. The predicted molar refractivity (Wildman–Crippen MR) is 281 cm³/mol. The molecule has 1 aromatic heterocycles. The van der Waals surface area contributed by atoms with Crippen molar-refractivity contribution in [1.29, 1.82) is 0 Å². The number of carbonyl (C=O) groups is 1. The number of sulfonamides is 1. The Balaban J connectivity index is 0.927. The minimum atomic E-state index is -3.90. The number of hydrogen-bond donors (Lipinski definition) is 3. The number of thioether (sulfide) groups is 1. The van der Waals surface area contributed by atoms with Crippen LogP contribution in [0.5, 0.6) is 0 Å². The molecule has 350 valence electrons. The van der Waals surface area contributed by atoms with E-state index in [0.717, 1.165) is 116 Å². The Labute approximate surface area is 405 Å². The van der Waals surface area contributed by atoms with E-state index in [-0.39, 0.29) is 16.8 Å². The number of nitrogens with two attached hydrogens (primary N) is 1. The number of nitrogens with one attached hydrogen (secondary N) is 2. The van der Waals surface area contributed by atoms with Crippen molar-refractivity contribution >= 4 is 73.4 Å². The molecule has 0 spiro atoms. The van der Waals surface area contributed by atoms with E-state index in [1.54, 1.807) is 36.0 Å². The van der Waals surface area contributed by atoms with Crippen LogP contribution in [0.3, 0.4) is 0 Å². The van der Waals surface area contributed by atoms with E-state index in [9.17, 15) is 13.2 Å². The number of nitrogens with zero attached hydrogens (tertiary/aromatic N) is 5. The number of nitrogen functional groups attached to an aromatic ring is 1. The number of hydrogen-bond acceptors (Lipinski definition) is 9. The fourth-order valence-electron chi connectivity index (χ4n) is 8.98. The van der Waals surface area contributed by atoms with Crippen LogP contribution < -0.4 is 25.6 Å². The first-order chi connectivity index (χ1) is 32.3. The number of aliphatic imine (C=N–C) groups is 1. The van der Waals surface area contributed by atoms with E-state index in [1.807, 2.05) is 68.6 Å². The van der Waals surface area contributed by atoms with Crippen LogP contribution in [-0.2, 0) is 17.1 Å². The number of amides is 1. The van der Waals surface area contributed by atoms with Crippen LogP contribution in [-0.4, -0.2) is 88.1 Å². The smallest absolute Gasteiger partial charge is 0.279 e. The van der Waals surface area contributed by atoms with Gasteiger partial charge in [0.2, 0.25) is 0 Å². The number of halogens is 1. The molecule has 0 bridgehead atoms. The molecule has 0 unspecified atom stereocenters. The molecule has 6 aromatic rings. The molecule has 1 saturated heterocycles. The van der Waals surface area contributed by atoms with Crippen molar-refractivity contribution in [3.63, 3.8) is 0 Å². The summed E-state index contributed by atoms with van der Waals surface area (Å²) in [6, 6.07) is 39.1. The first-order valence-electron chi connectivity index (χ1n) is 23.1. The number of anilines is 5. The van der Waals surface area contributed by atoms with Crippen LogP contribution in [0.2, 0.25) is 5.02 Å². The van der Waals surface area contributed by atoms with Gasteiger partial charge in [-0.2, -0.15) is 0 Å². The van der Waals surface area contributed by atoms with Crippen molar-refractivity contribution in [1.82, 2.24) is 9.47 Å². The van der Waals surface area contributed by atoms with Crippen LogP contribution >= 0.6 is 23.4 Å². The van der Waals surface area contributed by atoms with Gasteiger partial charge in [0, 0.05) is 89.0 Å². The molecule has 14 heteroatoms. The van der Waals surface area contributed by atoms with Gasteiger partial charge in [-0.3, -0.25) is 9.52 Å². The van der Waals surface area contributed by atoms with Gasteiger partial charge in [-0.05, 0) is 150 Å². The SMILES string of the molecule is Cc1c(C(=O)N=C2CCCCC2)c(-c2cccc(N3CCN(c4ccc(NS(=O)(=O)c5ccc(N[C@H](CCN(C)C)CSc6ccccc6)c(N)c5)cc4)CC3)c2)c(-c2ccc(Cl)cc2)n1C. The van der Waals surface area contributed by atoms with Crippen molar-refractivity contribution in [2.24, 2.45) is 12.0 Å². The lowest BCUT2D eigenvalue weighted by Gasteiger charge is -2.37. The lowest BCUT2D eigenvalue weighted by Crippen LogP contribution is -2.46. The standard InChI is InChI=1S/C53H61ClN8O3S2/c1-37-50(53(63)57-41-13-7-5-8-14-41)51(52(60(37)4)38-18-20-40(54)21-19-38)39-12-11-15-45(34-39)62-32-30-61(31-33-62)44-24-22-42(23-25-44)58-67(64,65)47-26-27-49(48(55)35-47)56-43(28-29-59(2)3)36-66-46-16-9-6-10-17-46/h6,9-12,15-27,34-35,43,56,58H,5,7-8,13-14,28-33,36,55H2,1-4H3/t43-/m1/s1. The van der Waals surface area contributed by atoms with Gasteiger partial charge in [-0.25, -0.2) is 13.4 Å². The monoisotopic (exact) mass is 956 g/mol. The molecule has 2 heterocycles. The van der Waals surface area contributed by atoms with Crippen molar-refractivity contribution in [2.45, 2.75) is 61.3 Å². The Morgan fingerprint density at radius 3 is 2.18 bits per heavy atom. The molecule has 4 N–H and O–H groups in total. The molecule has 2 aliphatic rings. The maximum absolute atomic E-state index is 14.1. The third kappa shape index (κ3) is 11.7. The molecule has 0 radical (unpaired) electrons. The number of piperazine rings is 1. The predicted octanol–water partition coefficient (Wildman–Crippen LogP) is 11.1. The largest absolute Gasteiger partial charge is 0.397 e. The Hall–Kier alpha value is -5.73. The normalized spacial score (nSPS) is 14.9. The zero-order chi connectivity index (χ0) is 47.1. The highest BCUT2D eigenvalue weighted by Crippen LogP contribution is 2.41. The summed E-state index contributed by atoms with van der Waals surface area (Å²) in [7, 11) is 2.22. The highest BCUT2D eigenvalue weighted by Gasteiger charge is 2.28. The molecule has 5 aromatic carbocycles. The summed E-state index contributed by atoms with van der Waals surface area (Å²) >= 11 is 8.11. The number of rotatable bonds is 16. The van der Waals surface area contributed by atoms with Crippen molar-refractivity contribution < 1.29 is 13.2 Å². The van der Waals surface area contributed by atoms with E-state index < -0.39 is 10.0 Å². The van der Waals surface area contributed by atoms with Gasteiger partial charge in [-0.1, -0.05) is 60.5 Å². The van der Waals surface area contributed by atoms with Gasteiger partial charge in [0.25, 0.3) is 15.9 Å². The van der Waals surface area contributed by atoms with E-state index in [2.05, 4.69) is 79.8 Å². The van der Waals surface area contributed by atoms with Gasteiger partial charge in [0.1, 0.15) is 0 Å². The number of aromatic nitrogens is 1. The molecule has 1 amide bonds. The second kappa shape index (κ2) is 21.5. The molecule has 8 rings (SSSR count). The molecule has 1 aliphatic carbocycles. The van der Waals surface area contributed by atoms with Crippen molar-refractivity contribution in [3.8, 4) is 22.4 Å². The minimum absolute atomic E-state index is 0.100. The fourth-order valence-corrected chi connectivity index (χ4v) is 11.2. The zero-order valence-corrected chi connectivity index (χ0v) is 41.2. The van der Waals surface area contributed by atoms with Crippen LogP contribution in [0, 0.1) is 6.92 Å². The first-order valence-corrected chi connectivity index (χ1v) is 26.0. The maximum atomic E-state index is 14.1. The lowest BCUT2D eigenvalue weighted by atomic mass is 9.95. The first kappa shape index (κ1) is 47.8. The Morgan fingerprint density at radius 2 is 1.51 bits per heavy atom. The van der Waals surface area contributed by atoms with Crippen molar-refractivity contribution in [3.05, 3.63) is 138 Å². The van der Waals surface area contributed by atoms with Gasteiger partial charge in [0.05, 0.1) is 27.5 Å². The summed E-state index contributed by atoms with van der Waals surface area (Å²) in [5.74, 6) is 0.654. The number of carbonyl (C=O) groups excluding carboxylic acids is 1. The molecule has 1 atom stereocenters. The van der Waals surface area contributed by atoms with Crippen LogP contribution in [0.25, 0.3) is 22.4 Å². The molecular formula is C53H61ClN8O3S2. The molecule has 1 saturated carbocycles. The summed E-state index contributed by atoms with van der Waals surface area (Å²) in [6.45, 7) is 6.02. The fraction of sp³-hybridized carbons (Fsp3) is 0.321.